The summed E-state index contributed by atoms with van der Waals surface area (Å²) in [5.41, 5.74) is 1.57. The molecule has 19 heavy (non-hydrogen) atoms. The number of quaternary nitrogens is 1. The Morgan fingerprint density at radius 3 is 2.53 bits per heavy atom. The normalized spacial score (nSPS) is 15.8. The summed E-state index contributed by atoms with van der Waals surface area (Å²) in [4.78, 5) is 11.6. The molecule has 5 heteroatoms. The first-order chi connectivity index (χ1) is 8.74. The van der Waals surface area contributed by atoms with Crippen molar-refractivity contribution in [3.8, 4) is 0 Å². The number of esters is 1. The number of carbonyl (C=O) groups is 1. The summed E-state index contributed by atoms with van der Waals surface area (Å²) < 4.78 is 5.84. The molecule has 0 radical (unpaired) electrons. The molecule has 2 atom stereocenters. The lowest BCUT2D eigenvalue weighted by Crippen LogP contribution is -2.52. The van der Waals surface area contributed by atoms with Crippen LogP contribution >= 0.6 is 11.6 Å². The van der Waals surface area contributed by atoms with E-state index in [-0.39, 0.29) is 12.6 Å². The van der Waals surface area contributed by atoms with E-state index in [1.54, 1.807) is 13.8 Å². The van der Waals surface area contributed by atoms with Crippen molar-refractivity contribution in [2.24, 2.45) is 0 Å². The van der Waals surface area contributed by atoms with Crippen molar-refractivity contribution in [3.05, 3.63) is 23.8 Å². The van der Waals surface area contributed by atoms with Crippen LogP contribution in [0.15, 0.2) is 23.8 Å². The van der Waals surface area contributed by atoms with Crippen LogP contribution in [0.3, 0.4) is 0 Å². The van der Waals surface area contributed by atoms with Crippen LogP contribution in [0.25, 0.3) is 0 Å². The fourth-order valence-electron chi connectivity index (χ4n) is 1.76. The number of halogens is 1. The summed E-state index contributed by atoms with van der Waals surface area (Å²) in [7, 11) is 4.04. The largest absolute Gasteiger partial charge is 0.456 e. The highest BCUT2D eigenvalue weighted by molar-refractivity contribution is 6.27. The Hall–Kier alpha value is -0.840. The minimum atomic E-state index is -0.449. The molecule has 2 unspecified atom stereocenters. The highest BCUT2D eigenvalue weighted by Gasteiger charge is 2.29. The van der Waals surface area contributed by atoms with Crippen LogP contribution in [0.1, 0.15) is 20.3 Å². The third-order valence-corrected chi connectivity index (χ3v) is 3.42. The number of hydrogen-bond donors (Lipinski definition) is 1. The van der Waals surface area contributed by atoms with Crippen LogP contribution < -0.4 is 0 Å². The van der Waals surface area contributed by atoms with E-state index in [2.05, 4.69) is 6.58 Å². The highest BCUT2D eigenvalue weighted by atomic mass is 35.5. The lowest BCUT2D eigenvalue weighted by Gasteiger charge is -2.37. The number of rotatable bonds is 8. The molecule has 0 saturated carbocycles. The van der Waals surface area contributed by atoms with Gasteiger partial charge in [0.2, 0.25) is 0 Å². The standard InChI is InChI=1S/C14H25ClNO3/c1-6-7-16(4,5)13(8-12(3)17)10-19-14(18)11(2)9-15/h6,9,12-13,17H,1,7-8,10H2,2-5H3/q+1. The Labute approximate surface area is 120 Å². The predicted molar refractivity (Wildman–Crippen MR) is 77.8 cm³/mol. The van der Waals surface area contributed by atoms with E-state index >= 15 is 0 Å². The Morgan fingerprint density at radius 1 is 1.53 bits per heavy atom. The van der Waals surface area contributed by atoms with Gasteiger partial charge in [0.25, 0.3) is 0 Å². The van der Waals surface area contributed by atoms with Crippen molar-refractivity contribution in [3.63, 3.8) is 0 Å². The molecule has 0 aliphatic heterocycles. The summed E-state index contributed by atoms with van der Waals surface area (Å²) in [5, 5.41) is 9.57. The predicted octanol–water partition coefficient (Wildman–Crippen LogP) is 2.07. The van der Waals surface area contributed by atoms with E-state index in [0.717, 1.165) is 6.54 Å². The van der Waals surface area contributed by atoms with Crippen LogP contribution in [0.5, 0.6) is 0 Å². The molecule has 0 aromatic carbocycles. The molecule has 0 aliphatic carbocycles. The first-order valence-electron chi connectivity index (χ1n) is 6.30. The lowest BCUT2D eigenvalue weighted by atomic mass is 10.1. The third kappa shape index (κ3) is 6.76. The number of nitrogens with zero attached hydrogens (tertiary/aromatic N) is 1. The molecule has 0 aromatic heterocycles. The van der Waals surface area contributed by atoms with Gasteiger partial charge in [-0.2, -0.15) is 0 Å². The zero-order valence-electron chi connectivity index (χ0n) is 12.2. The highest BCUT2D eigenvalue weighted by Crippen LogP contribution is 2.15. The van der Waals surface area contributed by atoms with Crippen LogP contribution in [0.2, 0.25) is 0 Å². The maximum atomic E-state index is 11.6. The number of ether oxygens (including phenoxy) is 1. The minimum absolute atomic E-state index is 0.00470. The molecule has 0 rings (SSSR count). The number of aliphatic hydroxyl groups is 1. The number of hydrogen-bond acceptors (Lipinski definition) is 3. The summed E-state index contributed by atoms with van der Waals surface area (Å²) in [6, 6.07) is 0.00470. The molecule has 0 aromatic rings. The average Bonchev–Trinajstić information content (AvgIpc) is 2.32. The molecule has 1 N–H and O–H groups in total. The molecular formula is C14H25ClNO3+. The summed E-state index contributed by atoms with van der Waals surface area (Å²) >= 11 is 5.47. The van der Waals surface area contributed by atoms with Crippen molar-refractivity contribution in [1.29, 1.82) is 0 Å². The van der Waals surface area contributed by atoms with Crippen molar-refractivity contribution < 1.29 is 19.1 Å². The molecule has 0 saturated heterocycles. The summed E-state index contributed by atoms with van der Waals surface area (Å²) in [5.74, 6) is -0.427. The Morgan fingerprint density at radius 2 is 2.11 bits per heavy atom. The van der Waals surface area contributed by atoms with Crippen molar-refractivity contribution >= 4 is 17.6 Å². The summed E-state index contributed by atoms with van der Waals surface area (Å²) in [6.07, 6.45) is 1.93. The zero-order chi connectivity index (χ0) is 15.1. The van der Waals surface area contributed by atoms with Crippen LogP contribution in [-0.4, -0.2) is 55.0 Å². The van der Waals surface area contributed by atoms with Crippen molar-refractivity contribution in [2.45, 2.75) is 32.4 Å². The van der Waals surface area contributed by atoms with Crippen LogP contribution in [0.4, 0.5) is 0 Å². The van der Waals surface area contributed by atoms with Crippen LogP contribution in [0, 0.1) is 0 Å². The molecule has 110 valence electrons. The molecule has 0 fully saturated rings. The van der Waals surface area contributed by atoms with Gasteiger partial charge in [-0.05, 0) is 19.9 Å². The quantitative estimate of drug-likeness (QED) is 0.322. The fraction of sp³-hybridized carbons (Fsp3) is 0.643. The molecule has 0 amide bonds. The number of aliphatic hydroxyl groups excluding tert-OH is 1. The molecule has 0 bridgehead atoms. The molecule has 4 nitrogen and oxygen atoms in total. The Balaban J connectivity index is 4.69. The van der Waals surface area contributed by atoms with Gasteiger partial charge in [-0.1, -0.05) is 18.2 Å². The van der Waals surface area contributed by atoms with Gasteiger partial charge in [0.15, 0.2) is 0 Å². The molecular weight excluding hydrogens is 266 g/mol. The van der Waals surface area contributed by atoms with Gasteiger partial charge in [0.1, 0.15) is 12.6 Å². The van der Waals surface area contributed by atoms with Gasteiger partial charge in [-0.25, -0.2) is 4.79 Å². The molecule has 0 spiro atoms. The van der Waals surface area contributed by atoms with Gasteiger partial charge in [0.05, 0.1) is 26.7 Å². The first kappa shape index (κ1) is 18.2. The second-order valence-electron chi connectivity index (χ2n) is 5.38. The van der Waals surface area contributed by atoms with Crippen molar-refractivity contribution in [2.75, 3.05) is 27.2 Å². The van der Waals surface area contributed by atoms with Gasteiger partial charge in [-0.3, -0.25) is 0 Å². The smallest absolute Gasteiger partial charge is 0.334 e. The van der Waals surface area contributed by atoms with E-state index in [1.165, 1.54) is 5.54 Å². The first-order valence-corrected chi connectivity index (χ1v) is 6.74. The number of carbonyl (C=O) groups excluding carboxylic acids is 1. The molecule has 0 heterocycles. The van der Waals surface area contributed by atoms with E-state index in [4.69, 9.17) is 16.3 Å². The Bertz CT molecular complexity index is 338. The lowest BCUT2D eigenvalue weighted by molar-refractivity contribution is -0.910. The second kappa shape index (κ2) is 8.35. The zero-order valence-corrected chi connectivity index (χ0v) is 13.0. The summed E-state index contributed by atoms with van der Waals surface area (Å²) in [6.45, 7) is 8.04. The van der Waals surface area contributed by atoms with Gasteiger partial charge < -0.3 is 14.3 Å². The number of likely N-dealkylation sites (N-methyl/N-ethyl adjacent to an activating group) is 1. The Kier molecular flexibility index (Phi) is 7.99. The third-order valence-electron chi connectivity index (χ3n) is 3.09. The maximum absolute atomic E-state index is 11.6. The molecule has 0 aliphatic rings. The van der Waals surface area contributed by atoms with E-state index < -0.39 is 12.1 Å². The van der Waals surface area contributed by atoms with E-state index in [1.807, 2.05) is 20.2 Å². The maximum Gasteiger partial charge on any atom is 0.334 e. The average molecular weight is 291 g/mol. The van der Waals surface area contributed by atoms with E-state index in [0.29, 0.717) is 16.5 Å². The second-order valence-corrected chi connectivity index (χ2v) is 5.60. The van der Waals surface area contributed by atoms with E-state index in [9.17, 15) is 9.90 Å². The topological polar surface area (TPSA) is 46.5 Å². The van der Waals surface area contributed by atoms with Crippen LogP contribution in [-0.2, 0) is 9.53 Å². The minimum Gasteiger partial charge on any atom is -0.456 e. The fourth-order valence-corrected chi connectivity index (χ4v) is 1.85. The van der Waals surface area contributed by atoms with Gasteiger partial charge >= 0.3 is 5.97 Å². The van der Waals surface area contributed by atoms with Gasteiger partial charge in [-0.15, -0.1) is 0 Å². The SMILES string of the molecule is C=CC[N+](C)(C)C(COC(=O)C(C)=CCl)CC(C)O. The van der Waals surface area contributed by atoms with Gasteiger partial charge in [0, 0.05) is 17.5 Å². The van der Waals surface area contributed by atoms with Crippen molar-refractivity contribution in [1.82, 2.24) is 0 Å². The monoisotopic (exact) mass is 290 g/mol.